The molecule has 0 unspecified atom stereocenters. The van der Waals surface area contributed by atoms with Gasteiger partial charge in [-0.1, -0.05) is 0 Å². The number of piperidine rings is 1. The Hall–Kier alpha value is -1.90. The summed E-state index contributed by atoms with van der Waals surface area (Å²) in [5.41, 5.74) is -0.886. The minimum atomic E-state index is -2.71. The molecule has 0 aromatic carbocycles. The average molecular weight is 327 g/mol. The first kappa shape index (κ1) is 15.0. The lowest BCUT2D eigenvalue weighted by atomic mass is 9.97. The molecule has 1 saturated heterocycles. The molecule has 22 heavy (non-hydrogen) atoms. The van der Waals surface area contributed by atoms with E-state index in [0.717, 1.165) is 37.8 Å². The van der Waals surface area contributed by atoms with E-state index in [-0.39, 0.29) is 0 Å². The monoisotopic (exact) mass is 327 g/mol. The standard InChI is InChI=1S/C13H15F2N5OS/c14-13(15)10-5-12(21)20(8-16-10)7-9-1-3-19(4-2-9)11-6-17-22-18-11/h5-6,8-9,13H,1-4,7H2. The molecule has 3 heterocycles. The highest BCUT2D eigenvalue weighted by Gasteiger charge is 2.21. The molecule has 0 aliphatic carbocycles. The Kier molecular flexibility index (Phi) is 4.41. The van der Waals surface area contributed by atoms with Gasteiger partial charge in [-0.3, -0.25) is 9.36 Å². The lowest BCUT2D eigenvalue weighted by molar-refractivity contribution is 0.145. The molecule has 0 amide bonds. The summed E-state index contributed by atoms with van der Waals surface area (Å²) in [4.78, 5) is 17.6. The molecule has 0 bridgehead atoms. The second-order valence-corrected chi connectivity index (χ2v) is 5.86. The van der Waals surface area contributed by atoms with Gasteiger partial charge >= 0.3 is 0 Å². The Morgan fingerprint density at radius 2 is 2.14 bits per heavy atom. The number of anilines is 1. The van der Waals surface area contributed by atoms with Gasteiger partial charge in [-0.05, 0) is 18.8 Å². The average Bonchev–Trinajstić information content (AvgIpc) is 3.04. The molecule has 0 saturated carbocycles. The van der Waals surface area contributed by atoms with Crippen LogP contribution in [0, 0.1) is 5.92 Å². The minimum absolute atomic E-state index is 0.333. The first-order chi connectivity index (χ1) is 10.6. The first-order valence-corrected chi connectivity index (χ1v) is 7.73. The van der Waals surface area contributed by atoms with Crippen LogP contribution in [0.4, 0.5) is 14.6 Å². The fourth-order valence-corrected chi connectivity index (χ4v) is 3.05. The van der Waals surface area contributed by atoms with Gasteiger partial charge in [-0.15, -0.1) is 0 Å². The van der Waals surface area contributed by atoms with Crippen LogP contribution in [0.3, 0.4) is 0 Å². The van der Waals surface area contributed by atoms with Crippen molar-refractivity contribution in [1.29, 1.82) is 0 Å². The fraction of sp³-hybridized carbons (Fsp3) is 0.538. The predicted octanol–water partition coefficient (Wildman–Crippen LogP) is 1.95. The van der Waals surface area contributed by atoms with Gasteiger partial charge in [0.2, 0.25) is 0 Å². The summed E-state index contributed by atoms with van der Waals surface area (Å²) in [5, 5.41) is 0. The molecule has 0 spiro atoms. The van der Waals surface area contributed by atoms with Crippen LogP contribution >= 0.6 is 11.7 Å². The molecular formula is C13H15F2N5OS. The number of alkyl halides is 2. The second kappa shape index (κ2) is 6.47. The lowest BCUT2D eigenvalue weighted by Gasteiger charge is -2.31. The Balaban J connectivity index is 1.60. The third kappa shape index (κ3) is 3.29. The molecule has 2 aromatic heterocycles. The van der Waals surface area contributed by atoms with E-state index in [4.69, 9.17) is 0 Å². The fourth-order valence-electron chi connectivity index (χ4n) is 2.62. The molecule has 118 valence electrons. The zero-order valence-electron chi connectivity index (χ0n) is 11.7. The highest BCUT2D eigenvalue weighted by atomic mass is 32.1. The van der Waals surface area contributed by atoms with E-state index in [2.05, 4.69) is 18.6 Å². The van der Waals surface area contributed by atoms with Crippen molar-refractivity contribution < 1.29 is 8.78 Å². The Bertz CT molecular complexity index is 667. The van der Waals surface area contributed by atoms with Gasteiger partial charge in [0, 0.05) is 25.7 Å². The quantitative estimate of drug-likeness (QED) is 0.859. The summed E-state index contributed by atoms with van der Waals surface area (Å²) in [7, 11) is 0. The van der Waals surface area contributed by atoms with Crippen LogP contribution in [0.1, 0.15) is 25.0 Å². The van der Waals surface area contributed by atoms with E-state index in [0.29, 0.717) is 12.5 Å². The zero-order chi connectivity index (χ0) is 15.5. The SMILES string of the molecule is O=c1cc(C(F)F)ncn1CC1CCN(c2cnsn2)CC1. The molecule has 6 nitrogen and oxygen atoms in total. The van der Waals surface area contributed by atoms with Crippen LogP contribution in [-0.4, -0.2) is 31.4 Å². The summed E-state index contributed by atoms with van der Waals surface area (Å²) < 4.78 is 34.6. The molecule has 3 rings (SSSR count). The Morgan fingerprint density at radius 3 is 2.73 bits per heavy atom. The van der Waals surface area contributed by atoms with Crippen LogP contribution in [0.2, 0.25) is 0 Å². The van der Waals surface area contributed by atoms with E-state index >= 15 is 0 Å². The van der Waals surface area contributed by atoms with E-state index in [9.17, 15) is 13.6 Å². The molecule has 9 heteroatoms. The molecule has 0 atom stereocenters. The van der Waals surface area contributed by atoms with Crippen molar-refractivity contribution in [3.8, 4) is 0 Å². The Morgan fingerprint density at radius 1 is 1.36 bits per heavy atom. The summed E-state index contributed by atoms with van der Waals surface area (Å²) in [5.74, 6) is 1.23. The smallest absolute Gasteiger partial charge is 0.280 e. The largest absolute Gasteiger partial charge is 0.354 e. The topological polar surface area (TPSA) is 63.9 Å². The summed E-state index contributed by atoms with van der Waals surface area (Å²) in [6.45, 7) is 2.22. The summed E-state index contributed by atoms with van der Waals surface area (Å²) in [6, 6.07) is 0.917. The van der Waals surface area contributed by atoms with E-state index in [1.807, 2.05) is 0 Å². The highest BCUT2D eigenvalue weighted by molar-refractivity contribution is 6.99. The number of hydrogen-bond donors (Lipinski definition) is 0. The summed E-state index contributed by atoms with van der Waals surface area (Å²) in [6.07, 6.45) is 2.10. The third-order valence-electron chi connectivity index (χ3n) is 3.87. The van der Waals surface area contributed by atoms with Gasteiger partial charge in [-0.25, -0.2) is 13.8 Å². The van der Waals surface area contributed by atoms with Crippen LogP contribution in [0.25, 0.3) is 0 Å². The predicted molar refractivity (Wildman–Crippen MR) is 78.3 cm³/mol. The van der Waals surface area contributed by atoms with Crippen LogP contribution in [-0.2, 0) is 6.54 Å². The molecular weight excluding hydrogens is 312 g/mol. The highest BCUT2D eigenvalue weighted by Crippen LogP contribution is 2.23. The van der Waals surface area contributed by atoms with Gasteiger partial charge < -0.3 is 4.90 Å². The van der Waals surface area contributed by atoms with E-state index < -0.39 is 17.7 Å². The van der Waals surface area contributed by atoms with Crippen molar-refractivity contribution in [2.24, 2.45) is 5.92 Å². The van der Waals surface area contributed by atoms with Gasteiger partial charge in [0.05, 0.1) is 24.3 Å². The van der Waals surface area contributed by atoms with Crippen molar-refractivity contribution >= 4 is 17.5 Å². The zero-order valence-corrected chi connectivity index (χ0v) is 12.5. The van der Waals surface area contributed by atoms with Gasteiger partial charge in [0.15, 0.2) is 5.82 Å². The van der Waals surface area contributed by atoms with Crippen LogP contribution in [0.5, 0.6) is 0 Å². The van der Waals surface area contributed by atoms with Gasteiger partial charge in [-0.2, -0.15) is 8.75 Å². The van der Waals surface area contributed by atoms with Crippen LogP contribution in [0.15, 0.2) is 23.4 Å². The number of halogens is 2. The number of rotatable bonds is 4. The Labute approximate surface area is 129 Å². The maximum absolute atomic E-state index is 12.5. The molecule has 2 aromatic rings. The summed E-state index contributed by atoms with van der Waals surface area (Å²) >= 11 is 1.19. The van der Waals surface area contributed by atoms with Gasteiger partial charge in [0.25, 0.3) is 12.0 Å². The lowest BCUT2D eigenvalue weighted by Crippen LogP contribution is -2.36. The number of aromatic nitrogens is 4. The molecule has 0 radical (unpaired) electrons. The molecule has 1 fully saturated rings. The van der Waals surface area contributed by atoms with E-state index in [1.54, 1.807) is 6.20 Å². The first-order valence-electron chi connectivity index (χ1n) is 7.00. The minimum Gasteiger partial charge on any atom is -0.354 e. The number of nitrogens with zero attached hydrogens (tertiary/aromatic N) is 5. The van der Waals surface area contributed by atoms with Gasteiger partial charge in [0.1, 0.15) is 5.69 Å². The number of hydrogen-bond acceptors (Lipinski definition) is 6. The van der Waals surface area contributed by atoms with Crippen molar-refractivity contribution in [3.05, 3.63) is 34.6 Å². The third-order valence-corrected chi connectivity index (χ3v) is 4.34. The normalized spacial score (nSPS) is 16.4. The molecule has 1 aliphatic rings. The van der Waals surface area contributed by atoms with Crippen molar-refractivity contribution in [3.63, 3.8) is 0 Å². The second-order valence-electron chi connectivity index (χ2n) is 5.30. The maximum Gasteiger partial charge on any atom is 0.280 e. The molecule has 0 N–H and O–H groups in total. The van der Waals surface area contributed by atoms with Crippen molar-refractivity contribution in [2.75, 3.05) is 18.0 Å². The maximum atomic E-state index is 12.5. The molecule has 1 aliphatic heterocycles. The van der Waals surface area contributed by atoms with Crippen molar-refractivity contribution in [2.45, 2.75) is 25.8 Å². The van der Waals surface area contributed by atoms with E-state index in [1.165, 1.54) is 22.6 Å². The van der Waals surface area contributed by atoms with Crippen molar-refractivity contribution in [1.82, 2.24) is 18.3 Å². The van der Waals surface area contributed by atoms with Crippen LogP contribution < -0.4 is 10.5 Å².